The molecule has 14 heavy (non-hydrogen) atoms. The summed E-state index contributed by atoms with van der Waals surface area (Å²) in [5.41, 5.74) is 1.97. The normalized spacial score (nSPS) is 10.8. The summed E-state index contributed by atoms with van der Waals surface area (Å²) < 4.78 is 4.99. The van der Waals surface area contributed by atoms with Gasteiger partial charge in [0, 0.05) is 17.7 Å². The minimum absolute atomic E-state index is 0.385. The van der Waals surface area contributed by atoms with Gasteiger partial charge in [0.1, 0.15) is 5.82 Å². The number of anilines is 1. The van der Waals surface area contributed by atoms with Crippen LogP contribution >= 0.6 is 0 Å². The molecule has 2 N–H and O–H groups in total. The maximum atomic E-state index is 4.99. The molecule has 74 valence electrons. The van der Waals surface area contributed by atoms with Gasteiger partial charge in [-0.15, -0.1) is 0 Å². The lowest BCUT2D eigenvalue weighted by Crippen LogP contribution is -2.09. The summed E-state index contributed by atoms with van der Waals surface area (Å²) in [6.45, 7) is 4.15. The van der Waals surface area contributed by atoms with Gasteiger partial charge in [0.05, 0.1) is 18.2 Å². The van der Waals surface area contributed by atoms with Gasteiger partial charge in [0.2, 0.25) is 0 Å². The van der Waals surface area contributed by atoms with Gasteiger partial charge in [-0.2, -0.15) is 5.10 Å². The fourth-order valence-electron chi connectivity index (χ4n) is 1.26. The summed E-state index contributed by atoms with van der Waals surface area (Å²) >= 11 is 0. The number of hydrogen-bond acceptors (Lipinski definition) is 3. The van der Waals surface area contributed by atoms with Crippen molar-refractivity contribution in [3.63, 3.8) is 0 Å². The predicted molar refractivity (Wildman–Crippen MR) is 55.0 cm³/mol. The minimum Gasteiger partial charge on any atom is -0.472 e. The SMILES string of the molecule is CC(C)Nc1cc(-c2ccoc2)[nH]n1. The third-order valence-electron chi connectivity index (χ3n) is 1.85. The van der Waals surface area contributed by atoms with Crippen molar-refractivity contribution in [3.8, 4) is 11.3 Å². The molecule has 2 aromatic heterocycles. The maximum Gasteiger partial charge on any atom is 0.148 e. The largest absolute Gasteiger partial charge is 0.472 e. The highest BCUT2D eigenvalue weighted by atomic mass is 16.3. The lowest BCUT2D eigenvalue weighted by molar-refractivity contribution is 0.568. The van der Waals surface area contributed by atoms with Crippen molar-refractivity contribution in [3.05, 3.63) is 24.7 Å². The van der Waals surface area contributed by atoms with Crippen LogP contribution in [0.5, 0.6) is 0 Å². The van der Waals surface area contributed by atoms with Gasteiger partial charge < -0.3 is 9.73 Å². The van der Waals surface area contributed by atoms with E-state index >= 15 is 0 Å². The Balaban J connectivity index is 2.18. The fraction of sp³-hybridized carbons (Fsp3) is 0.300. The summed E-state index contributed by atoms with van der Waals surface area (Å²) in [4.78, 5) is 0. The molecule has 0 aliphatic rings. The third-order valence-corrected chi connectivity index (χ3v) is 1.85. The summed E-state index contributed by atoms with van der Waals surface area (Å²) in [7, 11) is 0. The van der Waals surface area contributed by atoms with Crippen LogP contribution in [-0.2, 0) is 0 Å². The zero-order chi connectivity index (χ0) is 9.97. The first-order chi connectivity index (χ1) is 6.75. The van der Waals surface area contributed by atoms with Crippen molar-refractivity contribution in [1.29, 1.82) is 0 Å². The molecule has 0 amide bonds. The van der Waals surface area contributed by atoms with E-state index < -0.39 is 0 Å². The molecule has 0 aromatic carbocycles. The highest BCUT2D eigenvalue weighted by molar-refractivity contribution is 5.61. The Hall–Kier alpha value is -1.71. The van der Waals surface area contributed by atoms with Crippen molar-refractivity contribution in [1.82, 2.24) is 10.2 Å². The molecule has 0 aliphatic carbocycles. The number of nitrogens with one attached hydrogen (secondary N) is 2. The Morgan fingerprint density at radius 1 is 1.50 bits per heavy atom. The van der Waals surface area contributed by atoms with Crippen LogP contribution in [0, 0.1) is 0 Å². The molecule has 0 bridgehead atoms. The second-order valence-corrected chi connectivity index (χ2v) is 3.48. The van der Waals surface area contributed by atoms with E-state index in [1.54, 1.807) is 12.5 Å². The highest BCUT2D eigenvalue weighted by Gasteiger charge is 2.04. The van der Waals surface area contributed by atoms with E-state index in [4.69, 9.17) is 4.42 Å². The Labute approximate surface area is 82.3 Å². The second kappa shape index (κ2) is 3.57. The van der Waals surface area contributed by atoms with Gasteiger partial charge in [0.25, 0.3) is 0 Å². The average molecular weight is 191 g/mol. The summed E-state index contributed by atoms with van der Waals surface area (Å²) in [5.74, 6) is 0.858. The molecule has 0 saturated carbocycles. The molecule has 0 unspecified atom stereocenters. The quantitative estimate of drug-likeness (QED) is 0.783. The Kier molecular flexibility index (Phi) is 2.26. The Morgan fingerprint density at radius 3 is 3.00 bits per heavy atom. The first kappa shape index (κ1) is 8.87. The number of nitrogens with zero attached hydrogens (tertiary/aromatic N) is 1. The van der Waals surface area contributed by atoms with E-state index in [-0.39, 0.29) is 0 Å². The van der Waals surface area contributed by atoms with Crippen LogP contribution in [0.4, 0.5) is 5.82 Å². The zero-order valence-electron chi connectivity index (χ0n) is 8.24. The first-order valence-electron chi connectivity index (χ1n) is 4.60. The predicted octanol–water partition coefficient (Wildman–Crippen LogP) is 2.49. The zero-order valence-corrected chi connectivity index (χ0v) is 8.24. The van der Waals surface area contributed by atoms with E-state index in [0.717, 1.165) is 17.1 Å². The van der Waals surface area contributed by atoms with Crippen LogP contribution in [0.3, 0.4) is 0 Å². The van der Waals surface area contributed by atoms with Gasteiger partial charge in [-0.1, -0.05) is 0 Å². The van der Waals surface area contributed by atoms with Crippen molar-refractivity contribution in [2.24, 2.45) is 0 Å². The Bertz CT molecular complexity index is 389. The van der Waals surface area contributed by atoms with Gasteiger partial charge in [-0.3, -0.25) is 5.10 Å². The molecule has 0 radical (unpaired) electrons. The van der Waals surface area contributed by atoms with E-state index in [2.05, 4.69) is 29.4 Å². The molecule has 0 atom stereocenters. The molecule has 4 nitrogen and oxygen atoms in total. The average Bonchev–Trinajstić information content (AvgIpc) is 2.69. The second-order valence-electron chi connectivity index (χ2n) is 3.48. The number of H-pyrrole nitrogens is 1. The number of rotatable bonds is 3. The molecule has 0 fully saturated rings. The first-order valence-corrected chi connectivity index (χ1v) is 4.60. The third kappa shape index (κ3) is 1.79. The van der Waals surface area contributed by atoms with Gasteiger partial charge in [0.15, 0.2) is 0 Å². The number of furan rings is 1. The van der Waals surface area contributed by atoms with Crippen LogP contribution in [0.25, 0.3) is 11.3 Å². The van der Waals surface area contributed by atoms with Crippen molar-refractivity contribution < 1.29 is 4.42 Å². The Morgan fingerprint density at radius 2 is 2.36 bits per heavy atom. The standard InChI is InChI=1S/C10H13N3O/c1-7(2)11-10-5-9(12-13-10)8-3-4-14-6-8/h3-7H,1-2H3,(H2,11,12,13). The van der Waals surface area contributed by atoms with Crippen LogP contribution in [0.1, 0.15) is 13.8 Å². The van der Waals surface area contributed by atoms with Gasteiger partial charge in [-0.05, 0) is 19.9 Å². The minimum atomic E-state index is 0.385. The molecule has 2 rings (SSSR count). The topological polar surface area (TPSA) is 53.9 Å². The van der Waals surface area contributed by atoms with E-state index in [1.807, 2.05) is 12.1 Å². The van der Waals surface area contributed by atoms with Crippen LogP contribution in [-0.4, -0.2) is 16.2 Å². The van der Waals surface area contributed by atoms with E-state index in [9.17, 15) is 0 Å². The number of aromatic nitrogens is 2. The molecule has 0 saturated heterocycles. The molecule has 4 heteroatoms. The maximum absolute atomic E-state index is 4.99. The van der Waals surface area contributed by atoms with E-state index in [1.165, 1.54) is 0 Å². The van der Waals surface area contributed by atoms with E-state index in [0.29, 0.717) is 6.04 Å². The van der Waals surface area contributed by atoms with Crippen LogP contribution < -0.4 is 5.32 Å². The monoisotopic (exact) mass is 191 g/mol. The van der Waals surface area contributed by atoms with Crippen molar-refractivity contribution >= 4 is 5.82 Å². The highest BCUT2D eigenvalue weighted by Crippen LogP contribution is 2.19. The van der Waals surface area contributed by atoms with Crippen molar-refractivity contribution in [2.75, 3.05) is 5.32 Å². The molecule has 2 heterocycles. The number of aromatic amines is 1. The van der Waals surface area contributed by atoms with Gasteiger partial charge >= 0.3 is 0 Å². The fourth-order valence-corrected chi connectivity index (χ4v) is 1.26. The summed E-state index contributed by atoms with van der Waals surface area (Å²) in [6.07, 6.45) is 3.33. The van der Waals surface area contributed by atoms with Crippen molar-refractivity contribution in [2.45, 2.75) is 19.9 Å². The lowest BCUT2D eigenvalue weighted by atomic mass is 10.2. The van der Waals surface area contributed by atoms with Crippen LogP contribution in [0.2, 0.25) is 0 Å². The summed E-state index contributed by atoms with van der Waals surface area (Å²) in [5, 5.41) is 10.3. The molecule has 2 aromatic rings. The van der Waals surface area contributed by atoms with Gasteiger partial charge in [-0.25, -0.2) is 0 Å². The number of hydrogen-bond donors (Lipinski definition) is 2. The smallest absolute Gasteiger partial charge is 0.148 e. The molecule has 0 spiro atoms. The molecule has 0 aliphatic heterocycles. The van der Waals surface area contributed by atoms with Crippen LogP contribution in [0.15, 0.2) is 29.1 Å². The lowest BCUT2D eigenvalue weighted by Gasteiger charge is -2.03. The molecular weight excluding hydrogens is 178 g/mol. The summed E-state index contributed by atoms with van der Waals surface area (Å²) in [6, 6.07) is 4.24. The molecular formula is C10H13N3O.